The zero-order chi connectivity index (χ0) is 9.10. The van der Waals surface area contributed by atoms with Crippen molar-refractivity contribution in [2.24, 2.45) is 0 Å². The van der Waals surface area contributed by atoms with Gasteiger partial charge in [-0.15, -0.1) is 0 Å². The Hall–Kier alpha value is -1.09. The van der Waals surface area contributed by atoms with Crippen LogP contribution in [0.1, 0.15) is 17.9 Å². The van der Waals surface area contributed by atoms with Gasteiger partial charge in [-0.25, -0.2) is 0 Å². The van der Waals surface area contributed by atoms with Crippen LogP contribution in [0.3, 0.4) is 0 Å². The quantitative estimate of drug-likeness (QED) is 0.738. The summed E-state index contributed by atoms with van der Waals surface area (Å²) in [7, 11) is 1.67. The Morgan fingerprint density at radius 3 is 3.15 bits per heavy atom. The van der Waals surface area contributed by atoms with Crippen molar-refractivity contribution in [2.45, 2.75) is 12.3 Å². The topological polar surface area (TPSA) is 34.1 Å². The molecule has 0 aromatic carbocycles. The van der Waals surface area contributed by atoms with Gasteiger partial charge in [-0.05, 0) is 30.5 Å². The van der Waals surface area contributed by atoms with Gasteiger partial charge in [0.15, 0.2) is 0 Å². The van der Waals surface area contributed by atoms with Crippen molar-refractivity contribution in [2.75, 3.05) is 20.2 Å². The monoisotopic (exact) mass is 178 g/mol. The fourth-order valence-corrected chi connectivity index (χ4v) is 1.71. The third-order valence-electron chi connectivity index (χ3n) is 2.50. The summed E-state index contributed by atoms with van der Waals surface area (Å²) in [5.41, 5.74) is 1.28. The van der Waals surface area contributed by atoms with Gasteiger partial charge in [0.2, 0.25) is 0 Å². The van der Waals surface area contributed by atoms with E-state index in [4.69, 9.17) is 4.74 Å². The van der Waals surface area contributed by atoms with Gasteiger partial charge >= 0.3 is 0 Å². The van der Waals surface area contributed by atoms with Gasteiger partial charge in [0.05, 0.1) is 13.3 Å². The van der Waals surface area contributed by atoms with E-state index in [1.807, 2.05) is 6.20 Å². The fourth-order valence-electron chi connectivity index (χ4n) is 1.71. The van der Waals surface area contributed by atoms with E-state index in [1.54, 1.807) is 13.3 Å². The fraction of sp³-hybridized carbons (Fsp3) is 0.500. The molecule has 3 nitrogen and oxygen atoms in total. The second-order valence-electron chi connectivity index (χ2n) is 3.35. The molecule has 1 N–H and O–H groups in total. The molecule has 70 valence electrons. The van der Waals surface area contributed by atoms with E-state index in [0.717, 1.165) is 18.8 Å². The molecule has 0 unspecified atom stereocenters. The van der Waals surface area contributed by atoms with Crippen molar-refractivity contribution >= 4 is 0 Å². The van der Waals surface area contributed by atoms with Gasteiger partial charge < -0.3 is 10.1 Å². The van der Waals surface area contributed by atoms with Crippen LogP contribution < -0.4 is 10.1 Å². The van der Waals surface area contributed by atoms with Crippen molar-refractivity contribution < 1.29 is 4.74 Å². The maximum Gasteiger partial charge on any atom is 0.137 e. The van der Waals surface area contributed by atoms with Crippen LogP contribution in [-0.4, -0.2) is 25.2 Å². The van der Waals surface area contributed by atoms with E-state index in [1.165, 1.54) is 12.0 Å². The molecule has 1 fully saturated rings. The molecule has 1 aliphatic rings. The van der Waals surface area contributed by atoms with Crippen LogP contribution in [0, 0.1) is 0 Å². The van der Waals surface area contributed by atoms with Crippen LogP contribution in [0.25, 0.3) is 0 Å². The molecule has 3 heteroatoms. The van der Waals surface area contributed by atoms with E-state index in [2.05, 4.69) is 16.4 Å². The summed E-state index contributed by atoms with van der Waals surface area (Å²) in [5.74, 6) is 1.46. The number of nitrogens with one attached hydrogen (secondary N) is 1. The van der Waals surface area contributed by atoms with Crippen molar-refractivity contribution in [3.05, 3.63) is 24.0 Å². The lowest BCUT2D eigenvalue weighted by atomic mass is 10.0. The highest BCUT2D eigenvalue weighted by Crippen LogP contribution is 2.24. The lowest BCUT2D eigenvalue weighted by Gasteiger charge is -2.08. The zero-order valence-electron chi connectivity index (χ0n) is 7.79. The Balaban J connectivity index is 2.18. The van der Waals surface area contributed by atoms with Crippen LogP contribution in [0.2, 0.25) is 0 Å². The number of rotatable bonds is 2. The first-order valence-electron chi connectivity index (χ1n) is 4.60. The third-order valence-corrected chi connectivity index (χ3v) is 2.50. The minimum atomic E-state index is 0.614. The summed E-state index contributed by atoms with van der Waals surface area (Å²) in [6, 6.07) is 2.07. The Bertz CT molecular complexity index is 282. The molecule has 13 heavy (non-hydrogen) atoms. The van der Waals surface area contributed by atoms with Crippen molar-refractivity contribution in [3.63, 3.8) is 0 Å². The van der Waals surface area contributed by atoms with Crippen molar-refractivity contribution in [1.29, 1.82) is 0 Å². The molecule has 2 heterocycles. The molecule has 1 aliphatic heterocycles. The Morgan fingerprint density at radius 2 is 2.46 bits per heavy atom. The zero-order valence-corrected chi connectivity index (χ0v) is 7.79. The first kappa shape index (κ1) is 8.51. The smallest absolute Gasteiger partial charge is 0.137 e. The molecule has 0 amide bonds. The maximum atomic E-state index is 5.13. The van der Waals surface area contributed by atoms with Crippen LogP contribution in [0.4, 0.5) is 0 Å². The predicted octanol–water partition coefficient (Wildman–Crippen LogP) is 1.17. The van der Waals surface area contributed by atoms with Crippen LogP contribution in [0.15, 0.2) is 18.5 Å². The number of hydrogen-bond acceptors (Lipinski definition) is 3. The van der Waals surface area contributed by atoms with Crippen molar-refractivity contribution in [1.82, 2.24) is 10.3 Å². The minimum absolute atomic E-state index is 0.614. The minimum Gasteiger partial charge on any atom is -0.495 e. The predicted molar refractivity (Wildman–Crippen MR) is 51.0 cm³/mol. The first-order valence-corrected chi connectivity index (χ1v) is 4.60. The summed E-state index contributed by atoms with van der Waals surface area (Å²) in [6.07, 6.45) is 4.88. The molecule has 0 spiro atoms. The van der Waals surface area contributed by atoms with E-state index >= 15 is 0 Å². The van der Waals surface area contributed by atoms with E-state index < -0.39 is 0 Å². The number of ether oxygens (including phenoxy) is 1. The molecule has 0 radical (unpaired) electrons. The van der Waals surface area contributed by atoms with Crippen LogP contribution >= 0.6 is 0 Å². The third kappa shape index (κ3) is 1.80. The molecular weight excluding hydrogens is 164 g/mol. The van der Waals surface area contributed by atoms with Crippen LogP contribution in [0.5, 0.6) is 5.75 Å². The van der Waals surface area contributed by atoms with Gasteiger partial charge in [-0.3, -0.25) is 4.98 Å². The normalized spacial score (nSPS) is 21.8. The van der Waals surface area contributed by atoms with Gasteiger partial charge in [0, 0.05) is 12.7 Å². The highest BCUT2D eigenvalue weighted by molar-refractivity contribution is 5.27. The number of aromatic nitrogens is 1. The van der Waals surface area contributed by atoms with Gasteiger partial charge in [0.25, 0.3) is 0 Å². The molecule has 1 aromatic rings. The lowest BCUT2D eigenvalue weighted by molar-refractivity contribution is 0.412. The molecular formula is C10H14N2O. The standard InChI is InChI=1S/C10H14N2O/c1-13-10-4-9(6-12-7-10)8-2-3-11-5-8/h4,6-8,11H,2-3,5H2,1H3/t8-/m0/s1. The number of pyridine rings is 1. The lowest BCUT2D eigenvalue weighted by Crippen LogP contribution is -2.08. The summed E-state index contributed by atoms with van der Waals surface area (Å²) in [4.78, 5) is 4.15. The average Bonchev–Trinajstić information content (AvgIpc) is 2.71. The van der Waals surface area contributed by atoms with Crippen molar-refractivity contribution in [3.8, 4) is 5.75 Å². The molecule has 1 saturated heterocycles. The molecule has 0 bridgehead atoms. The van der Waals surface area contributed by atoms with E-state index in [0.29, 0.717) is 5.92 Å². The molecule has 0 aliphatic carbocycles. The van der Waals surface area contributed by atoms with Crippen LogP contribution in [-0.2, 0) is 0 Å². The molecule has 1 atom stereocenters. The van der Waals surface area contributed by atoms with E-state index in [9.17, 15) is 0 Å². The highest BCUT2D eigenvalue weighted by Gasteiger charge is 2.16. The number of hydrogen-bond donors (Lipinski definition) is 1. The van der Waals surface area contributed by atoms with Gasteiger partial charge in [-0.2, -0.15) is 0 Å². The highest BCUT2D eigenvalue weighted by atomic mass is 16.5. The van der Waals surface area contributed by atoms with Gasteiger partial charge in [-0.1, -0.05) is 0 Å². The molecule has 0 saturated carbocycles. The average molecular weight is 178 g/mol. The summed E-state index contributed by atoms with van der Waals surface area (Å²) in [5, 5.41) is 3.34. The second kappa shape index (κ2) is 3.75. The molecule has 1 aromatic heterocycles. The summed E-state index contributed by atoms with van der Waals surface area (Å²) in [6.45, 7) is 2.18. The summed E-state index contributed by atoms with van der Waals surface area (Å²) >= 11 is 0. The second-order valence-corrected chi connectivity index (χ2v) is 3.35. The number of nitrogens with zero attached hydrogens (tertiary/aromatic N) is 1. The Kier molecular flexibility index (Phi) is 2.45. The SMILES string of the molecule is COc1cncc([C@H]2CCNC2)c1. The van der Waals surface area contributed by atoms with Gasteiger partial charge in [0.1, 0.15) is 5.75 Å². The number of methoxy groups -OCH3 is 1. The molecule has 2 rings (SSSR count). The maximum absolute atomic E-state index is 5.13. The Labute approximate surface area is 78.1 Å². The van der Waals surface area contributed by atoms with E-state index in [-0.39, 0.29) is 0 Å². The summed E-state index contributed by atoms with van der Waals surface area (Å²) < 4.78 is 5.13. The largest absolute Gasteiger partial charge is 0.495 e. The Morgan fingerprint density at radius 1 is 1.54 bits per heavy atom. The first-order chi connectivity index (χ1) is 6.40.